The topological polar surface area (TPSA) is 9.23 Å². The Kier molecular flexibility index (Phi) is 8.27. The molecule has 19 heavy (non-hydrogen) atoms. The van der Waals surface area contributed by atoms with E-state index in [2.05, 4.69) is 51.1 Å². The van der Waals surface area contributed by atoms with E-state index in [0.29, 0.717) is 12.5 Å². The molecule has 1 nitrogen and oxygen atoms in total. The molecule has 0 aromatic heterocycles. The minimum Gasteiger partial charge on any atom is -1.00 e. The van der Waals surface area contributed by atoms with Gasteiger partial charge in [0.15, 0.2) is 0 Å². The van der Waals surface area contributed by atoms with Gasteiger partial charge in [-0.15, -0.1) is 0 Å². The third-order valence-electron chi connectivity index (χ3n) is 3.49. The fourth-order valence-electron chi connectivity index (χ4n) is 2.57. The van der Waals surface area contributed by atoms with Gasteiger partial charge >= 0.3 is 116 Å². The average molecular weight is 332 g/mol. The first-order valence-electron chi connectivity index (χ1n) is 5.91. The molecule has 0 saturated heterocycles. The van der Waals surface area contributed by atoms with Gasteiger partial charge in [-0.1, -0.05) is 0 Å². The van der Waals surface area contributed by atoms with E-state index in [1.54, 1.807) is 20.8 Å². The van der Waals surface area contributed by atoms with Crippen LogP contribution in [0.5, 0.6) is 0 Å². The third kappa shape index (κ3) is 3.96. The minimum absolute atomic E-state index is 0. The maximum Gasteiger partial charge on any atom is -1.00 e. The van der Waals surface area contributed by atoms with Gasteiger partial charge in [0.2, 0.25) is 0 Å². The monoisotopic (exact) mass is 331 g/mol. The summed E-state index contributed by atoms with van der Waals surface area (Å²) in [6.07, 6.45) is 2.34. The first-order valence-corrected chi connectivity index (χ1v) is 6.55. The Bertz CT molecular complexity index is 495. The Labute approximate surface area is 140 Å². The van der Waals surface area contributed by atoms with Gasteiger partial charge in [-0.25, -0.2) is 0 Å². The fourth-order valence-corrected chi connectivity index (χ4v) is 2.81. The Morgan fingerprint density at radius 3 is 2.32 bits per heavy atom. The number of benzene rings is 1. The third-order valence-corrected chi connectivity index (χ3v) is 3.71. The van der Waals surface area contributed by atoms with Crippen LogP contribution in [0, 0.1) is 5.92 Å². The first-order chi connectivity index (χ1) is 8.15. The number of hydrogen-bond donors (Lipinski definition) is 0. The Morgan fingerprint density at radius 2 is 1.79 bits per heavy atom. The van der Waals surface area contributed by atoms with E-state index in [1.165, 1.54) is 27.8 Å². The van der Waals surface area contributed by atoms with Gasteiger partial charge in [0.05, 0.1) is 0 Å². The van der Waals surface area contributed by atoms with Crippen LogP contribution in [0.4, 0.5) is 0 Å². The Balaban J connectivity index is 0.00000162. The summed E-state index contributed by atoms with van der Waals surface area (Å²) in [5, 5.41) is 0. The Morgan fingerprint density at radius 1 is 1.16 bits per heavy atom. The molecule has 0 fully saturated rings. The molecular weight excluding hydrogens is 315 g/mol. The quantitative estimate of drug-likeness (QED) is 0.585. The number of hydrogen-bond acceptors (Lipinski definition) is 1. The molecule has 0 saturated carbocycles. The second kappa shape index (κ2) is 8.29. The second-order valence-corrected chi connectivity index (χ2v) is 5.07. The molecule has 1 aromatic rings. The van der Waals surface area contributed by atoms with E-state index in [-0.39, 0.29) is 24.8 Å². The first kappa shape index (κ1) is 19.0. The average Bonchev–Trinajstić information content (AvgIpc) is 2.55. The summed E-state index contributed by atoms with van der Waals surface area (Å²) < 4.78 is 5.29. The largest absolute Gasteiger partial charge is 1.00 e. The summed E-state index contributed by atoms with van der Waals surface area (Å²) in [4.78, 5) is 0. The molecule has 0 bridgehead atoms. The van der Waals surface area contributed by atoms with Crippen LogP contribution in [0.1, 0.15) is 31.9 Å². The van der Waals surface area contributed by atoms with Crippen LogP contribution in [0.15, 0.2) is 41.5 Å². The molecule has 0 heterocycles. The Hall–Kier alpha value is -0.0457. The van der Waals surface area contributed by atoms with Crippen LogP contribution in [-0.2, 0) is 30.7 Å². The van der Waals surface area contributed by atoms with E-state index in [1.807, 2.05) is 0 Å². The van der Waals surface area contributed by atoms with E-state index in [9.17, 15) is 0 Å². The molecule has 0 N–H and O–H groups in total. The molecule has 0 aliphatic heterocycles. The van der Waals surface area contributed by atoms with Crippen LogP contribution in [0.25, 0.3) is 5.57 Å². The normalized spacial score (nSPS) is 17.7. The summed E-state index contributed by atoms with van der Waals surface area (Å²) in [5.41, 5.74) is 6.89. The van der Waals surface area contributed by atoms with Crippen molar-refractivity contribution in [3.05, 3.63) is 52.6 Å². The van der Waals surface area contributed by atoms with Gasteiger partial charge < -0.3 is 24.8 Å². The molecule has 1 atom stereocenters. The molecular formula is C15H17Cl2OTi. The van der Waals surface area contributed by atoms with Crippen molar-refractivity contribution in [3.8, 4) is 0 Å². The van der Waals surface area contributed by atoms with Crippen LogP contribution in [0.3, 0.4) is 0 Å². The van der Waals surface area contributed by atoms with Gasteiger partial charge in [-0.3, -0.25) is 0 Å². The van der Waals surface area contributed by atoms with Crippen LogP contribution in [-0.4, -0.2) is 0 Å². The summed E-state index contributed by atoms with van der Waals surface area (Å²) in [7, 11) is 0. The fraction of sp³-hybridized carbons (Fsp3) is 0.333. The maximum atomic E-state index is 5.29. The zero-order valence-electron chi connectivity index (χ0n) is 11.3. The standard InChI is InChI=1S/C15H17O.2ClH.Ti/c1-10-8-11(2)15(12(10)3)14-7-5-4-6-13(14)9-16;;;/h4-8,11H,9H2,1-3H3;2*1H;/q-1;;;+3/p-2. The summed E-state index contributed by atoms with van der Waals surface area (Å²) >= 11 is 1.75. The van der Waals surface area contributed by atoms with Crippen molar-refractivity contribution in [3.63, 3.8) is 0 Å². The van der Waals surface area contributed by atoms with E-state index < -0.39 is 0 Å². The second-order valence-electron chi connectivity index (χ2n) is 4.62. The molecule has 101 valence electrons. The minimum atomic E-state index is 0. The number of rotatable bonds is 3. The SMILES string of the molecule is CC1=CC(C)C(c2ccccc2C[O][Ti+2])=C1C.[Cl-].[Cl-]. The molecule has 2 rings (SSSR count). The molecule has 1 unspecified atom stereocenters. The zero-order chi connectivity index (χ0) is 12.4. The van der Waals surface area contributed by atoms with Crippen LogP contribution >= 0.6 is 0 Å². The van der Waals surface area contributed by atoms with Crippen molar-refractivity contribution in [1.82, 2.24) is 0 Å². The van der Waals surface area contributed by atoms with Gasteiger partial charge in [0.1, 0.15) is 0 Å². The van der Waals surface area contributed by atoms with Gasteiger partial charge in [-0.2, -0.15) is 0 Å². The zero-order valence-corrected chi connectivity index (χ0v) is 14.4. The molecule has 4 heteroatoms. The van der Waals surface area contributed by atoms with Gasteiger partial charge in [0.25, 0.3) is 0 Å². The maximum absolute atomic E-state index is 5.29. The van der Waals surface area contributed by atoms with E-state index >= 15 is 0 Å². The molecule has 1 aliphatic carbocycles. The summed E-state index contributed by atoms with van der Waals surface area (Å²) in [5.74, 6) is 0.507. The van der Waals surface area contributed by atoms with Crippen LogP contribution in [0.2, 0.25) is 0 Å². The predicted molar refractivity (Wildman–Crippen MR) is 66.7 cm³/mol. The summed E-state index contributed by atoms with van der Waals surface area (Å²) in [6.45, 7) is 7.35. The van der Waals surface area contributed by atoms with Crippen molar-refractivity contribution in [2.75, 3.05) is 0 Å². The van der Waals surface area contributed by atoms with Crippen molar-refractivity contribution >= 4 is 5.57 Å². The molecule has 1 aromatic carbocycles. The number of allylic oxidation sites excluding steroid dienone is 4. The van der Waals surface area contributed by atoms with Crippen molar-refractivity contribution < 1.29 is 49.0 Å². The molecule has 0 spiro atoms. The van der Waals surface area contributed by atoms with Gasteiger partial charge in [-0.05, 0) is 0 Å². The van der Waals surface area contributed by atoms with E-state index in [4.69, 9.17) is 3.32 Å². The summed E-state index contributed by atoms with van der Waals surface area (Å²) in [6, 6.07) is 8.54. The van der Waals surface area contributed by atoms with Crippen molar-refractivity contribution in [2.45, 2.75) is 27.4 Å². The smallest absolute Gasteiger partial charge is 1.00 e. The van der Waals surface area contributed by atoms with Gasteiger partial charge in [0, 0.05) is 0 Å². The molecule has 0 radical (unpaired) electrons. The van der Waals surface area contributed by atoms with Crippen molar-refractivity contribution in [1.29, 1.82) is 0 Å². The van der Waals surface area contributed by atoms with Crippen LogP contribution < -0.4 is 24.8 Å². The number of halogens is 2. The van der Waals surface area contributed by atoms with E-state index in [0.717, 1.165) is 0 Å². The van der Waals surface area contributed by atoms with Crippen molar-refractivity contribution in [2.24, 2.45) is 5.92 Å². The predicted octanol–water partition coefficient (Wildman–Crippen LogP) is -1.96. The molecule has 1 aliphatic rings. The molecule has 0 amide bonds.